The number of hydrogen-bond donors (Lipinski definition) is 1. The molecule has 0 saturated carbocycles. The van der Waals surface area contributed by atoms with E-state index in [4.69, 9.17) is 21.1 Å². The Morgan fingerprint density at radius 1 is 1.26 bits per heavy atom. The van der Waals surface area contributed by atoms with Gasteiger partial charge in [-0.25, -0.2) is 4.98 Å². The van der Waals surface area contributed by atoms with E-state index in [9.17, 15) is 4.79 Å². The highest BCUT2D eigenvalue weighted by Crippen LogP contribution is 2.55. The van der Waals surface area contributed by atoms with Gasteiger partial charge in [0.1, 0.15) is 11.3 Å². The van der Waals surface area contributed by atoms with E-state index >= 15 is 0 Å². The lowest BCUT2D eigenvalue weighted by molar-refractivity contribution is -0.154. The Kier molecular flexibility index (Phi) is 4.20. The van der Waals surface area contributed by atoms with Crippen molar-refractivity contribution in [2.75, 3.05) is 14.2 Å². The summed E-state index contributed by atoms with van der Waals surface area (Å²) in [4.78, 5) is 25.2. The Morgan fingerprint density at radius 2 is 2.04 bits per heavy atom. The number of ether oxygens (including phenoxy) is 2. The van der Waals surface area contributed by atoms with Gasteiger partial charge in [-0.1, -0.05) is 11.6 Å². The quantitative estimate of drug-likeness (QED) is 0.538. The summed E-state index contributed by atoms with van der Waals surface area (Å²) in [6.07, 6.45) is 1.30. The van der Waals surface area contributed by atoms with Gasteiger partial charge in [0.05, 0.1) is 34.9 Å². The number of methoxy groups -OCH3 is 2. The molecule has 3 aromatic heterocycles. The van der Waals surface area contributed by atoms with Gasteiger partial charge in [-0.05, 0) is 38.1 Å². The summed E-state index contributed by atoms with van der Waals surface area (Å²) in [5.41, 5.74) is 4.21. The number of nitrogens with one attached hydrogen (secondary N) is 1. The Balaban J connectivity index is 2.10. The Bertz CT molecular complexity index is 1040. The highest BCUT2D eigenvalue weighted by molar-refractivity contribution is 6.29. The largest absolute Gasteiger partial charge is 0.469 e. The van der Waals surface area contributed by atoms with Gasteiger partial charge in [0.2, 0.25) is 0 Å². The molecule has 1 unspecified atom stereocenters. The fourth-order valence-electron chi connectivity index (χ4n) is 4.12. The van der Waals surface area contributed by atoms with Crippen LogP contribution in [0.5, 0.6) is 0 Å². The van der Waals surface area contributed by atoms with Gasteiger partial charge < -0.3 is 14.5 Å². The van der Waals surface area contributed by atoms with E-state index in [0.29, 0.717) is 5.15 Å². The number of H-pyrrole nitrogens is 1. The van der Waals surface area contributed by atoms with Crippen LogP contribution in [0.4, 0.5) is 0 Å². The van der Waals surface area contributed by atoms with E-state index in [2.05, 4.69) is 15.0 Å². The standard InChI is InChI=1S/C20H20ClN3O3/c1-20(2,19(25)27-4)14-13-15(23-11-7-8-12(21)24-17(11)13)10-6-5-9-22-16(10)18(14)26-3/h5-9,14,18,23H,1-4H3/t14?,18-/m0/s1. The maximum Gasteiger partial charge on any atom is 0.311 e. The number of rotatable bonds is 3. The molecule has 4 rings (SSSR count). The van der Waals surface area contributed by atoms with Crippen molar-refractivity contribution in [1.82, 2.24) is 15.0 Å². The molecule has 1 aliphatic carbocycles. The molecular formula is C20H20ClN3O3. The van der Waals surface area contributed by atoms with E-state index in [0.717, 1.165) is 33.5 Å². The summed E-state index contributed by atoms with van der Waals surface area (Å²) in [5.74, 6) is -0.677. The van der Waals surface area contributed by atoms with Crippen molar-refractivity contribution in [1.29, 1.82) is 0 Å². The molecule has 2 atom stereocenters. The van der Waals surface area contributed by atoms with Crippen molar-refractivity contribution in [2.24, 2.45) is 5.41 Å². The van der Waals surface area contributed by atoms with E-state index in [1.54, 1.807) is 19.4 Å². The number of carbonyl (C=O) groups is 1. The number of aromatic nitrogens is 3. The van der Waals surface area contributed by atoms with Crippen LogP contribution in [0.1, 0.15) is 37.1 Å². The first-order valence-corrected chi connectivity index (χ1v) is 9.02. The summed E-state index contributed by atoms with van der Waals surface area (Å²) in [7, 11) is 3.02. The van der Waals surface area contributed by atoms with Crippen LogP contribution in [0, 0.1) is 5.41 Å². The zero-order chi connectivity index (χ0) is 19.3. The van der Waals surface area contributed by atoms with Crippen LogP contribution in [-0.2, 0) is 14.3 Å². The molecule has 0 spiro atoms. The molecule has 7 heteroatoms. The summed E-state index contributed by atoms with van der Waals surface area (Å²) >= 11 is 6.18. The van der Waals surface area contributed by atoms with Gasteiger partial charge in [-0.3, -0.25) is 9.78 Å². The van der Waals surface area contributed by atoms with E-state index in [-0.39, 0.29) is 11.9 Å². The van der Waals surface area contributed by atoms with Gasteiger partial charge in [-0.2, -0.15) is 0 Å². The lowest BCUT2D eigenvalue weighted by Crippen LogP contribution is -2.38. The van der Waals surface area contributed by atoms with Crippen molar-refractivity contribution in [3.05, 3.63) is 46.9 Å². The van der Waals surface area contributed by atoms with Crippen LogP contribution in [0.2, 0.25) is 5.15 Å². The Labute approximate surface area is 161 Å². The third-order valence-corrected chi connectivity index (χ3v) is 5.59. The lowest BCUT2D eigenvalue weighted by Gasteiger charge is -2.40. The number of nitrogens with zero attached hydrogens (tertiary/aromatic N) is 2. The molecule has 0 aliphatic heterocycles. The number of halogens is 1. The summed E-state index contributed by atoms with van der Waals surface area (Å²) in [5, 5.41) is 0.393. The van der Waals surface area contributed by atoms with Crippen LogP contribution in [0.25, 0.3) is 22.3 Å². The maximum absolute atomic E-state index is 12.7. The second kappa shape index (κ2) is 6.32. The normalized spacial score (nSPS) is 18.9. The third kappa shape index (κ3) is 2.55. The van der Waals surface area contributed by atoms with Crippen molar-refractivity contribution in [2.45, 2.75) is 25.9 Å². The molecule has 0 fully saturated rings. The Hall–Kier alpha value is -2.44. The average Bonchev–Trinajstić information content (AvgIpc) is 3.04. The second-order valence-electron chi connectivity index (χ2n) is 7.23. The molecule has 6 nitrogen and oxygen atoms in total. The molecule has 0 radical (unpaired) electrons. The number of esters is 1. The minimum absolute atomic E-state index is 0.323. The van der Waals surface area contributed by atoms with Crippen molar-refractivity contribution < 1.29 is 14.3 Å². The van der Waals surface area contributed by atoms with Crippen molar-refractivity contribution >= 4 is 28.6 Å². The molecule has 0 saturated heterocycles. The van der Waals surface area contributed by atoms with Crippen molar-refractivity contribution in [3.63, 3.8) is 0 Å². The summed E-state index contributed by atoms with van der Waals surface area (Å²) in [6, 6.07) is 7.51. The van der Waals surface area contributed by atoms with Gasteiger partial charge >= 0.3 is 5.97 Å². The molecule has 140 valence electrons. The van der Waals surface area contributed by atoms with Gasteiger partial charge in [0.15, 0.2) is 0 Å². The first-order chi connectivity index (χ1) is 12.9. The Morgan fingerprint density at radius 3 is 2.74 bits per heavy atom. The molecule has 0 bridgehead atoms. The highest BCUT2D eigenvalue weighted by Gasteiger charge is 2.50. The highest BCUT2D eigenvalue weighted by atomic mass is 35.5. The molecule has 0 amide bonds. The molecule has 1 aliphatic rings. The van der Waals surface area contributed by atoms with Crippen molar-refractivity contribution in [3.8, 4) is 11.3 Å². The monoisotopic (exact) mass is 385 g/mol. The molecule has 3 heterocycles. The van der Waals surface area contributed by atoms with Gasteiger partial charge in [-0.15, -0.1) is 0 Å². The first-order valence-electron chi connectivity index (χ1n) is 8.64. The lowest BCUT2D eigenvalue weighted by atomic mass is 9.67. The first kappa shape index (κ1) is 17.9. The summed E-state index contributed by atoms with van der Waals surface area (Å²) < 4.78 is 11.0. The van der Waals surface area contributed by atoms with Gasteiger partial charge in [0.25, 0.3) is 0 Å². The molecule has 27 heavy (non-hydrogen) atoms. The predicted octanol–water partition coefficient (Wildman–Crippen LogP) is 4.26. The topological polar surface area (TPSA) is 77.1 Å². The zero-order valence-corrected chi connectivity index (χ0v) is 16.3. The molecule has 1 N–H and O–H groups in total. The SMILES string of the molecule is COC(=O)C(C)(C)C1c2c([nH]c3ccc(Cl)nc23)-c2cccnc2[C@H]1OC. The fraction of sp³-hybridized carbons (Fsp3) is 0.350. The number of carbonyl (C=O) groups excluding carboxylic acids is 1. The van der Waals surface area contributed by atoms with Gasteiger partial charge in [0, 0.05) is 30.4 Å². The number of fused-ring (bicyclic) bond motifs is 5. The van der Waals surface area contributed by atoms with Crippen LogP contribution < -0.4 is 0 Å². The fourth-order valence-corrected chi connectivity index (χ4v) is 4.27. The van der Waals surface area contributed by atoms with E-state index in [1.807, 2.05) is 32.0 Å². The maximum atomic E-state index is 12.7. The molecule has 0 aromatic carbocycles. The number of pyridine rings is 2. The number of hydrogen-bond acceptors (Lipinski definition) is 5. The van der Waals surface area contributed by atoms with Crippen LogP contribution >= 0.6 is 11.6 Å². The predicted molar refractivity (Wildman–Crippen MR) is 103 cm³/mol. The van der Waals surface area contributed by atoms with Crippen LogP contribution in [0.15, 0.2) is 30.5 Å². The smallest absolute Gasteiger partial charge is 0.311 e. The molecular weight excluding hydrogens is 366 g/mol. The number of aromatic amines is 1. The zero-order valence-electron chi connectivity index (χ0n) is 15.5. The van der Waals surface area contributed by atoms with E-state index in [1.165, 1.54) is 7.11 Å². The minimum atomic E-state index is -0.876. The minimum Gasteiger partial charge on any atom is -0.469 e. The third-order valence-electron chi connectivity index (χ3n) is 5.38. The molecule has 3 aromatic rings. The van der Waals surface area contributed by atoms with Crippen LogP contribution in [0.3, 0.4) is 0 Å². The van der Waals surface area contributed by atoms with E-state index < -0.39 is 11.5 Å². The van der Waals surface area contributed by atoms with Crippen LogP contribution in [-0.4, -0.2) is 35.1 Å². The second-order valence-corrected chi connectivity index (χ2v) is 7.61. The summed E-state index contributed by atoms with van der Waals surface area (Å²) in [6.45, 7) is 3.72. The average molecular weight is 386 g/mol.